The van der Waals surface area contributed by atoms with Crippen LogP contribution in [0.5, 0.6) is 0 Å². The average molecular weight is 259 g/mol. The topological polar surface area (TPSA) is 78.9 Å². The van der Waals surface area contributed by atoms with Crippen LogP contribution in [0.15, 0.2) is 12.4 Å². The number of aromatic nitrogens is 2. The van der Waals surface area contributed by atoms with Gasteiger partial charge >= 0.3 is 0 Å². The van der Waals surface area contributed by atoms with Crippen LogP contribution in [0.2, 0.25) is 0 Å². The Labute approximate surface area is 113 Å². The van der Waals surface area contributed by atoms with Crippen molar-refractivity contribution in [3.63, 3.8) is 0 Å². The first-order valence-electron chi connectivity index (χ1n) is 7.01. The summed E-state index contributed by atoms with van der Waals surface area (Å²) >= 11 is 0. The van der Waals surface area contributed by atoms with Gasteiger partial charge in [0, 0.05) is 13.6 Å². The molecule has 0 radical (unpaired) electrons. The molecule has 19 heavy (non-hydrogen) atoms. The van der Waals surface area contributed by atoms with E-state index in [4.69, 9.17) is 11.1 Å². The number of anilines is 1. The maximum absolute atomic E-state index is 7.31. The number of nitrogens with two attached hydrogens (primary N) is 1. The van der Waals surface area contributed by atoms with Crippen LogP contribution in [0.3, 0.4) is 0 Å². The smallest absolute Gasteiger partial charge is 0.146 e. The molecule has 2 fully saturated rings. The van der Waals surface area contributed by atoms with Crippen LogP contribution in [-0.4, -0.2) is 29.4 Å². The normalized spacial score (nSPS) is 28.6. The first-order valence-corrected chi connectivity index (χ1v) is 7.01. The van der Waals surface area contributed by atoms with Crippen molar-refractivity contribution in [2.75, 3.05) is 18.5 Å². The van der Waals surface area contributed by atoms with Crippen molar-refractivity contribution in [1.29, 1.82) is 5.41 Å². The quantitative estimate of drug-likeness (QED) is 0.636. The highest BCUT2D eigenvalue weighted by molar-refractivity contribution is 5.92. The molecule has 2 aliphatic rings. The fourth-order valence-electron chi connectivity index (χ4n) is 3.70. The minimum Gasteiger partial charge on any atom is -0.382 e. The molecule has 0 aliphatic heterocycles. The molecule has 5 heteroatoms. The molecule has 5 nitrogen and oxygen atoms in total. The van der Waals surface area contributed by atoms with E-state index in [1.807, 2.05) is 0 Å². The first-order chi connectivity index (χ1) is 9.13. The zero-order valence-corrected chi connectivity index (χ0v) is 11.3. The Balaban J connectivity index is 1.63. The highest BCUT2D eigenvalue weighted by atomic mass is 15.2. The fourth-order valence-corrected chi connectivity index (χ4v) is 3.70. The molecular formula is C14H21N5. The van der Waals surface area contributed by atoms with Gasteiger partial charge in [0.05, 0.1) is 12.4 Å². The van der Waals surface area contributed by atoms with Gasteiger partial charge in [-0.25, -0.2) is 9.97 Å². The Morgan fingerprint density at radius 2 is 2.21 bits per heavy atom. The predicted molar refractivity (Wildman–Crippen MR) is 75.3 cm³/mol. The van der Waals surface area contributed by atoms with Gasteiger partial charge < -0.3 is 10.6 Å². The number of nitrogen functional groups attached to an aromatic ring is 1. The van der Waals surface area contributed by atoms with E-state index < -0.39 is 0 Å². The molecule has 0 amide bonds. The molecule has 2 bridgehead atoms. The monoisotopic (exact) mass is 259 g/mol. The lowest BCUT2D eigenvalue weighted by atomic mass is 9.88. The van der Waals surface area contributed by atoms with Crippen LogP contribution in [0.25, 0.3) is 0 Å². The Kier molecular flexibility index (Phi) is 3.12. The van der Waals surface area contributed by atoms with Gasteiger partial charge in [0.25, 0.3) is 0 Å². The molecule has 3 atom stereocenters. The first kappa shape index (κ1) is 12.4. The van der Waals surface area contributed by atoms with E-state index in [1.54, 1.807) is 12.4 Å². The third-order valence-corrected chi connectivity index (χ3v) is 4.70. The molecule has 0 aromatic carbocycles. The second kappa shape index (κ2) is 4.79. The van der Waals surface area contributed by atoms with E-state index in [0.29, 0.717) is 5.69 Å². The second-order valence-corrected chi connectivity index (χ2v) is 5.99. The molecule has 2 saturated carbocycles. The maximum atomic E-state index is 7.31. The van der Waals surface area contributed by atoms with Crippen LogP contribution in [0, 0.1) is 23.2 Å². The minimum absolute atomic E-state index is 0.0326. The minimum atomic E-state index is -0.0326. The summed E-state index contributed by atoms with van der Waals surface area (Å²) in [6.45, 7) is 1.06. The maximum Gasteiger partial charge on any atom is 0.146 e. The van der Waals surface area contributed by atoms with Crippen LogP contribution < -0.4 is 10.6 Å². The van der Waals surface area contributed by atoms with E-state index in [-0.39, 0.29) is 5.84 Å². The molecule has 3 rings (SSSR count). The lowest BCUT2D eigenvalue weighted by Crippen LogP contribution is -2.29. The summed E-state index contributed by atoms with van der Waals surface area (Å²) in [4.78, 5) is 10.7. The van der Waals surface area contributed by atoms with Gasteiger partial charge in [-0.15, -0.1) is 0 Å². The number of hydrogen-bond acceptors (Lipinski definition) is 4. The lowest BCUT2D eigenvalue weighted by Gasteiger charge is -2.27. The zero-order valence-electron chi connectivity index (χ0n) is 11.3. The van der Waals surface area contributed by atoms with Crippen molar-refractivity contribution in [3.8, 4) is 0 Å². The zero-order chi connectivity index (χ0) is 13.4. The fraction of sp³-hybridized carbons (Fsp3) is 0.643. The number of nitrogens with zero attached hydrogens (tertiary/aromatic N) is 3. The second-order valence-electron chi connectivity index (χ2n) is 5.99. The molecule has 0 spiro atoms. The van der Waals surface area contributed by atoms with Crippen molar-refractivity contribution in [2.24, 2.45) is 23.5 Å². The molecule has 1 aromatic rings. The molecule has 102 valence electrons. The molecule has 2 aliphatic carbocycles. The third-order valence-electron chi connectivity index (χ3n) is 4.70. The van der Waals surface area contributed by atoms with Gasteiger partial charge in [-0.05, 0) is 37.0 Å². The van der Waals surface area contributed by atoms with Gasteiger partial charge in [0.2, 0.25) is 0 Å². The van der Waals surface area contributed by atoms with E-state index >= 15 is 0 Å². The van der Waals surface area contributed by atoms with Crippen molar-refractivity contribution in [3.05, 3.63) is 18.1 Å². The summed E-state index contributed by atoms with van der Waals surface area (Å²) < 4.78 is 0. The Bertz CT molecular complexity index is 469. The molecule has 1 heterocycles. The van der Waals surface area contributed by atoms with Crippen LogP contribution in [-0.2, 0) is 0 Å². The molecular weight excluding hydrogens is 238 g/mol. The number of hydrogen-bond donors (Lipinski definition) is 2. The Hall–Kier alpha value is -1.65. The summed E-state index contributed by atoms with van der Waals surface area (Å²) in [5.41, 5.74) is 5.82. The molecule has 3 N–H and O–H groups in total. The van der Waals surface area contributed by atoms with Gasteiger partial charge in [0.1, 0.15) is 17.3 Å². The van der Waals surface area contributed by atoms with E-state index in [9.17, 15) is 0 Å². The van der Waals surface area contributed by atoms with Crippen LogP contribution >= 0.6 is 0 Å². The number of rotatable bonds is 4. The van der Waals surface area contributed by atoms with Crippen LogP contribution in [0.1, 0.15) is 31.4 Å². The third kappa shape index (κ3) is 2.41. The number of nitrogens with one attached hydrogen (secondary N) is 1. The van der Waals surface area contributed by atoms with E-state index in [2.05, 4.69) is 21.9 Å². The van der Waals surface area contributed by atoms with Crippen LogP contribution in [0.4, 0.5) is 5.82 Å². The van der Waals surface area contributed by atoms with Crippen molar-refractivity contribution in [2.45, 2.75) is 25.7 Å². The summed E-state index contributed by atoms with van der Waals surface area (Å²) in [6.07, 6.45) is 8.97. The summed E-state index contributed by atoms with van der Waals surface area (Å²) in [6, 6.07) is 0. The highest BCUT2D eigenvalue weighted by Gasteiger charge is 2.39. The summed E-state index contributed by atoms with van der Waals surface area (Å²) in [5, 5.41) is 7.31. The van der Waals surface area contributed by atoms with Crippen molar-refractivity contribution < 1.29 is 0 Å². The summed E-state index contributed by atoms with van der Waals surface area (Å²) in [5.74, 6) is 3.56. The number of amidine groups is 1. The van der Waals surface area contributed by atoms with E-state index in [0.717, 1.165) is 30.1 Å². The largest absolute Gasteiger partial charge is 0.382 e. The standard InChI is InChI=1S/C14H21N5/c1-19(8-11-5-9-2-3-10(11)4-9)13-7-17-12(6-18-13)14(15)16/h6-7,9-11H,2-5,8H2,1H3,(H3,15,16). The summed E-state index contributed by atoms with van der Waals surface area (Å²) in [7, 11) is 2.07. The molecule has 0 saturated heterocycles. The highest BCUT2D eigenvalue weighted by Crippen LogP contribution is 2.48. The van der Waals surface area contributed by atoms with Gasteiger partial charge in [-0.2, -0.15) is 0 Å². The molecule has 3 unspecified atom stereocenters. The SMILES string of the molecule is CN(CC1CC2CCC1C2)c1cnc(C(=N)N)cn1. The predicted octanol–water partition coefficient (Wildman–Crippen LogP) is 1.63. The molecule has 1 aromatic heterocycles. The van der Waals surface area contributed by atoms with Crippen molar-refractivity contribution in [1.82, 2.24) is 9.97 Å². The van der Waals surface area contributed by atoms with Crippen molar-refractivity contribution >= 4 is 11.7 Å². The average Bonchev–Trinajstić information content (AvgIpc) is 3.01. The van der Waals surface area contributed by atoms with Gasteiger partial charge in [-0.1, -0.05) is 6.42 Å². The van der Waals surface area contributed by atoms with Gasteiger partial charge in [-0.3, -0.25) is 5.41 Å². The Morgan fingerprint density at radius 1 is 1.37 bits per heavy atom. The van der Waals surface area contributed by atoms with E-state index in [1.165, 1.54) is 25.7 Å². The Morgan fingerprint density at radius 3 is 2.74 bits per heavy atom. The van der Waals surface area contributed by atoms with Gasteiger partial charge in [0.15, 0.2) is 0 Å². The number of fused-ring (bicyclic) bond motifs is 2. The lowest BCUT2D eigenvalue weighted by molar-refractivity contribution is 0.337.